The minimum Gasteiger partial charge on any atom is -0.256 e. The minimum absolute atomic E-state index is 0.624. The fourth-order valence-electron chi connectivity index (χ4n) is 22.0. The van der Waals surface area contributed by atoms with Gasteiger partial charge < -0.3 is 0 Å². The Morgan fingerprint density at radius 3 is 0.855 bits per heavy atom. The van der Waals surface area contributed by atoms with E-state index in [1.807, 2.05) is 157 Å². The molecule has 145 heavy (non-hydrogen) atoms. The van der Waals surface area contributed by atoms with E-state index in [2.05, 4.69) is 328 Å². The average Bonchev–Trinajstić information content (AvgIpc) is 1.37. The lowest BCUT2D eigenvalue weighted by molar-refractivity contribution is 1.08. The number of nitrogens with zero attached hydrogens (tertiary/aromatic N) is 12. The Morgan fingerprint density at radius 2 is 0.434 bits per heavy atom. The maximum atomic E-state index is 5.44. The Balaban J connectivity index is 0.000000106. The molecule has 30 aromatic rings. The summed E-state index contributed by atoms with van der Waals surface area (Å²) in [6, 6.07) is 157. The molecule has 0 fully saturated rings. The second-order valence-electron chi connectivity index (χ2n) is 36.5. The Kier molecular flexibility index (Phi) is 20.2. The van der Waals surface area contributed by atoms with Gasteiger partial charge in [-0.3, -0.25) is 19.9 Å². The van der Waals surface area contributed by atoms with Crippen LogP contribution in [0, 0.1) is 0 Å². The maximum Gasteiger partial charge on any atom is 0.164 e. The lowest BCUT2D eigenvalue weighted by Gasteiger charge is -2.18. The first-order valence-electron chi connectivity index (χ1n) is 48.6. The van der Waals surface area contributed by atoms with Crippen LogP contribution >= 0.6 is 11.3 Å². The van der Waals surface area contributed by atoms with Crippen molar-refractivity contribution in [3.8, 4) is 113 Å². The molecule has 0 spiro atoms. The third-order valence-corrected chi connectivity index (χ3v) is 29.6. The first-order valence-corrected chi connectivity index (χ1v) is 49.4. The molecule has 0 atom stereocenters. The second-order valence-corrected chi connectivity index (χ2v) is 37.6. The van der Waals surface area contributed by atoms with Crippen molar-refractivity contribution in [2.24, 2.45) is 0 Å². The molecular weight excluding hydrogens is 1790 g/mol. The molecule has 0 saturated heterocycles. The summed E-state index contributed by atoms with van der Waals surface area (Å²) in [5.74, 6) is 2.58. The highest BCUT2D eigenvalue weighted by atomic mass is 32.1. The molecule has 0 saturated carbocycles. The molecule has 0 radical (unpaired) electrons. The monoisotopic (exact) mass is 1860 g/mol. The number of aromatic nitrogens is 12. The van der Waals surface area contributed by atoms with Gasteiger partial charge in [-0.1, -0.05) is 382 Å². The zero-order chi connectivity index (χ0) is 95.5. The predicted molar refractivity (Wildman–Crippen MR) is 603 cm³/mol. The Labute approximate surface area is 834 Å². The predicted octanol–water partition coefficient (Wildman–Crippen LogP) is 34.1. The molecule has 20 aromatic carbocycles. The molecule has 0 aliphatic carbocycles. The standard InChI is InChI=1S/C46H28N4.C45H27N5.C41H23N3S/c1-3-14-29(15-4-1)40-28-41(30-16-5-2-6-17-30)50-46(49-40)36-26-25-35(31-18-7-8-19-32(31)36)45-43-33-20-9-10-21-34(33)44-38(23-13-27-47-44)42(43)37-22-11-12-24-39(37)48-45;1-3-14-28(15-4-1)43-48-44(29-16-5-2-6-17-29)50-45(49-43)35-26-25-34(30-18-7-8-19-31(30)35)42-40-32-20-9-10-21-33(32)41-37(23-13-27-46-41)39(40)36-22-11-12-24-38(36)47-42;1-2-11-25-24(10-1)26(29-14-7-15-30-27-12-4-6-19-35(27)45-41(29)30)20-21-28(25)38-37-33-17-9-23-43-40(33)39-32(16-8-22-42-39)36(37)31-13-3-5-18-34(31)44-38/h1-28H;1-27H;1-23H. The zero-order valence-corrected chi connectivity index (χ0v) is 78.6. The fourth-order valence-corrected chi connectivity index (χ4v) is 23.2. The van der Waals surface area contributed by atoms with Crippen molar-refractivity contribution in [2.75, 3.05) is 0 Å². The molecule has 10 heterocycles. The molecule has 0 bridgehead atoms. The van der Waals surface area contributed by atoms with E-state index < -0.39 is 0 Å². The molecule has 0 N–H and O–H groups in total. The third kappa shape index (κ3) is 14.1. The van der Waals surface area contributed by atoms with Gasteiger partial charge in [0.25, 0.3) is 0 Å². The molecule has 10 aromatic heterocycles. The first-order chi connectivity index (χ1) is 72.0. The van der Waals surface area contributed by atoms with E-state index in [-0.39, 0.29) is 0 Å². The van der Waals surface area contributed by atoms with Crippen molar-refractivity contribution >= 4 is 194 Å². The van der Waals surface area contributed by atoms with E-state index in [0.717, 1.165) is 219 Å². The highest BCUT2D eigenvalue weighted by molar-refractivity contribution is 7.26. The summed E-state index contributed by atoms with van der Waals surface area (Å²) >= 11 is 1.87. The number of hydrogen-bond donors (Lipinski definition) is 0. The van der Waals surface area contributed by atoms with E-state index in [0.29, 0.717) is 23.3 Å². The van der Waals surface area contributed by atoms with Gasteiger partial charge in [0.2, 0.25) is 0 Å². The van der Waals surface area contributed by atoms with Crippen LogP contribution in [-0.4, -0.2) is 59.8 Å². The van der Waals surface area contributed by atoms with Crippen molar-refractivity contribution in [2.45, 2.75) is 0 Å². The van der Waals surface area contributed by atoms with Crippen molar-refractivity contribution in [3.63, 3.8) is 0 Å². The summed E-state index contributed by atoms with van der Waals surface area (Å²) in [6.07, 6.45) is 7.48. The van der Waals surface area contributed by atoms with Crippen molar-refractivity contribution in [3.05, 3.63) is 474 Å². The number of fused-ring (bicyclic) bond motifs is 30. The van der Waals surface area contributed by atoms with Gasteiger partial charge in [0.05, 0.1) is 67.1 Å². The van der Waals surface area contributed by atoms with Crippen LogP contribution in [0.25, 0.3) is 296 Å². The minimum atomic E-state index is 0.624. The van der Waals surface area contributed by atoms with Gasteiger partial charge in [-0.25, -0.2) is 39.9 Å². The number of hydrogen-bond acceptors (Lipinski definition) is 13. The maximum absolute atomic E-state index is 5.44. The normalized spacial score (nSPS) is 11.7. The van der Waals surface area contributed by atoms with Crippen molar-refractivity contribution < 1.29 is 0 Å². The van der Waals surface area contributed by atoms with E-state index in [4.69, 9.17) is 59.8 Å². The average molecular weight is 1860 g/mol. The van der Waals surface area contributed by atoms with Gasteiger partial charge in [0.15, 0.2) is 23.3 Å². The summed E-state index contributed by atoms with van der Waals surface area (Å²) < 4.78 is 2.64. The number of benzene rings is 20. The number of para-hydroxylation sites is 3. The summed E-state index contributed by atoms with van der Waals surface area (Å²) in [4.78, 5) is 61.2. The topological polar surface area (TPSA) is 155 Å². The lowest BCUT2D eigenvalue weighted by Crippen LogP contribution is -2.01. The van der Waals surface area contributed by atoms with Crippen LogP contribution in [0.1, 0.15) is 0 Å². The number of rotatable bonds is 10. The molecule has 0 aliphatic rings. The highest BCUT2D eigenvalue weighted by Crippen LogP contribution is 2.52. The van der Waals surface area contributed by atoms with Gasteiger partial charge in [-0.05, 0) is 115 Å². The van der Waals surface area contributed by atoms with Gasteiger partial charge in [0.1, 0.15) is 0 Å². The molecular formula is C132H78N12S. The van der Waals surface area contributed by atoms with Crippen molar-refractivity contribution in [1.82, 2.24) is 59.8 Å². The van der Waals surface area contributed by atoms with Crippen LogP contribution in [0.3, 0.4) is 0 Å². The molecule has 12 nitrogen and oxygen atoms in total. The largest absolute Gasteiger partial charge is 0.256 e. The van der Waals surface area contributed by atoms with E-state index in [1.165, 1.54) is 52.8 Å². The Morgan fingerprint density at radius 1 is 0.152 bits per heavy atom. The molecule has 0 aliphatic heterocycles. The third-order valence-electron chi connectivity index (χ3n) is 28.4. The smallest absolute Gasteiger partial charge is 0.164 e. The molecule has 30 rings (SSSR count). The van der Waals surface area contributed by atoms with Crippen molar-refractivity contribution in [1.29, 1.82) is 0 Å². The number of pyridine rings is 7. The second kappa shape index (κ2) is 34.9. The van der Waals surface area contributed by atoms with Crippen LogP contribution in [-0.2, 0) is 0 Å². The molecule has 13 heteroatoms. The van der Waals surface area contributed by atoms with Gasteiger partial charge in [-0.2, -0.15) is 0 Å². The summed E-state index contributed by atoms with van der Waals surface area (Å²) in [7, 11) is 0. The lowest BCUT2D eigenvalue weighted by atomic mass is 9.89. The van der Waals surface area contributed by atoms with E-state index in [9.17, 15) is 0 Å². The van der Waals surface area contributed by atoms with Crippen LogP contribution < -0.4 is 0 Å². The molecule has 0 amide bonds. The SMILES string of the molecule is c1ccc(-c2cc(-c3ccccc3)nc(-c3ccc(-c4nc5ccccc5c5c6cccnc6c6ccccc6c45)c4ccccc34)n2)cc1.c1ccc(-c2nc(-c3ccccc3)nc(-c3ccc(-c4nc5ccccc5c5c6cccnc6c6ccccc6c45)c4ccccc34)n2)cc1.c1ccc2c(c1)nc(-c1ccc(-c3cccc4c3sc3ccccc34)c3ccccc13)c1c3cccnc3c3ncccc3c21. The summed E-state index contributed by atoms with van der Waals surface area (Å²) in [5.41, 5.74) is 22.9. The molecule has 0 unspecified atom stereocenters. The first kappa shape index (κ1) is 83.8. The van der Waals surface area contributed by atoms with Crippen LogP contribution in [0.5, 0.6) is 0 Å². The summed E-state index contributed by atoms with van der Waals surface area (Å²) in [6.45, 7) is 0. The number of thiophene rings is 1. The Hall–Kier alpha value is -19.3. The van der Waals surface area contributed by atoms with Crippen LogP contribution in [0.15, 0.2) is 474 Å². The van der Waals surface area contributed by atoms with Crippen LogP contribution in [0.4, 0.5) is 0 Å². The molecule has 672 valence electrons. The van der Waals surface area contributed by atoms with Gasteiger partial charge in [-0.15, -0.1) is 11.3 Å². The van der Waals surface area contributed by atoms with E-state index in [1.54, 1.807) is 0 Å². The quantitative estimate of drug-likeness (QED) is 0.120. The zero-order valence-electron chi connectivity index (χ0n) is 77.8. The highest BCUT2D eigenvalue weighted by Gasteiger charge is 2.28. The van der Waals surface area contributed by atoms with Gasteiger partial charge >= 0.3 is 0 Å². The van der Waals surface area contributed by atoms with Gasteiger partial charge in [0, 0.05) is 181 Å². The summed E-state index contributed by atoms with van der Waals surface area (Å²) in [5, 5.41) is 28.4. The van der Waals surface area contributed by atoms with Crippen LogP contribution in [0.2, 0.25) is 0 Å². The Bertz CT molecular complexity index is 10100. The van der Waals surface area contributed by atoms with E-state index >= 15 is 0 Å². The fraction of sp³-hybridized carbons (Fsp3) is 0.